The van der Waals surface area contributed by atoms with Crippen molar-refractivity contribution in [3.63, 3.8) is 0 Å². The number of phenolic OH excluding ortho intramolecular Hbond substituents is 1. The van der Waals surface area contributed by atoms with Crippen molar-refractivity contribution in [2.45, 2.75) is 71.2 Å². The maximum atomic E-state index is 13.6. The third-order valence-electron chi connectivity index (χ3n) is 7.52. The maximum absolute atomic E-state index is 13.6. The fourth-order valence-corrected chi connectivity index (χ4v) is 5.59. The summed E-state index contributed by atoms with van der Waals surface area (Å²) in [4.78, 5) is 55.2. The molecule has 14 heteroatoms. The molecule has 266 valence electrons. The van der Waals surface area contributed by atoms with Crippen LogP contribution in [0.25, 0.3) is 22.3 Å². The molecule has 2 N–H and O–H groups in total. The topological polar surface area (TPSA) is 157 Å². The predicted octanol–water partition coefficient (Wildman–Crippen LogP) is 6.51. The average Bonchev–Trinajstić information content (AvgIpc) is 2.96. The lowest BCUT2D eigenvalue weighted by atomic mass is 9.85. The number of rotatable bonds is 7. The predicted molar refractivity (Wildman–Crippen MR) is 183 cm³/mol. The number of carbonyl (C=O) groups excluding carboxylic acids is 3. The largest absolute Gasteiger partial charge is 0.509 e. The van der Waals surface area contributed by atoms with Crippen LogP contribution in [0.15, 0.2) is 45.6 Å². The van der Waals surface area contributed by atoms with E-state index in [9.17, 15) is 24.3 Å². The second kappa shape index (κ2) is 15.0. The second-order valence-corrected chi connectivity index (χ2v) is 14.4. The van der Waals surface area contributed by atoms with Crippen molar-refractivity contribution in [3.8, 4) is 22.8 Å². The van der Waals surface area contributed by atoms with E-state index in [4.69, 9.17) is 35.0 Å². The Kier molecular flexibility index (Phi) is 11.4. The number of nitrogens with zero attached hydrogens (tertiary/aromatic N) is 2. The van der Waals surface area contributed by atoms with Crippen LogP contribution >= 0.6 is 11.6 Å². The van der Waals surface area contributed by atoms with Gasteiger partial charge in [-0.3, -0.25) is 4.79 Å². The fourth-order valence-electron chi connectivity index (χ4n) is 5.36. The number of amides is 2. The van der Waals surface area contributed by atoms with Crippen LogP contribution in [0.2, 0.25) is 5.02 Å². The zero-order valence-corrected chi connectivity index (χ0v) is 29.8. The molecule has 2 atom stereocenters. The molecule has 0 aliphatic carbocycles. The van der Waals surface area contributed by atoms with Gasteiger partial charge in [0.05, 0.1) is 5.02 Å². The minimum atomic E-state index is -0.894. The summed E-state index contributed by atoms with van der Waals surface area (Å²) >= 11 is 6.46. The van der Waals surface area contributed by atoms with Gasteiger partial charge in [0.2, 0.25) is 0 Å². The first-order valence-corrected chi connectivity index (χ1v) is 16.3. The van der Waals surface area contributed by atoms with Crippen LogP contribution in [0.5, 0.6) is 11.5 Å². The van der Waals surface area contributed by atoms with E-state index >= 15 is 0 Å². The zero-order valence-electron chi connectivity index (χ0n) is 29.0. The number of benzene rings is 2. The van der Waals surface area contributed by atoms with Gasteiger partial charge < -0.3 is 43.6 Å². The number of hydrogen-bond donors (Lipinski definition) is 2. The Balaban J connectivity index is 1.79. The monoisotopic (exact) mass is 701 g/mol. The van der Waals surface area contributed by atoms with Gasteiger partial charge in [-0.25, -0.2) is 14.4 Å². The van der Waals surface area contributed by atoms with Crippen molar-refractivity contribution >= 4 is 40.9 Å². The number of fused-ring (bicyclic) bond motifs is 1. The molecule has 0 radical (unpaired) electrons. The summed E-state index contributed by atoms with van der Waals surface area (Å²) in [5.41, 5.74) is -1.45. The number of aromatic hydroxyl groups is 1. The Morgan fingerprint density at radius 1 is 1.08 bits per heavy atom. The van der Waals surface area contributed by atoms with E-state index in [1.54, 1.807) is 65.8 Å². The molecule has 0 bridgehead atoms. The molecule has 2 unspecified atom stereocenters. The number of hydrogen-bond acceptors (Lipinski definition) is 11. The third kappa shape index (κ3) is 9.79. The van der Waals surface area contributed by atoms with Gasteiger partial charge in [-0.1, -0.05) is 23.7 Å². The first kappa shape index (κ1) is 37.3. The fraction of sp³-hybridized carbons (Fsp3) is 0.486. The highest BCUT2D eigenvalue weighted by atomic mass is 35.5. The number of likely N-dealkylation sites (N-methyl/N-ethyl adjacent to an activating group) is 2. The normalized spacial score (nSPS) is 16.9. The van der Waals surface area contributed by atoms with Crippen molar-refractivity contribution in [2.75, 3.05) is 40.3 Å². The van der Waals surface area contributed by atoms with Crippen LogP contribution in [0.1, 0.15) is 59.4 Å². The van der Waals surface area contributed by atoms with Gasteiger partial charge in [0.25, 0.3) is 0 Å². The molecular weight excluding hydrogens is 658 g/mol. The Hall–Kier alpha value is -4.49. The molecule has 13 nitrogen and oxygen atoms in total. The first-order chi connectivity index (χ1) is 22.8. The minimum absolute atomic E-state index is 0.0493. The Morgan fingerprint density at radius 2 is 1.76 bits per heavy atom. The average molecular weight is 702 g/mol. The molecule has 0 spiro atoms. The maximum Gasteiger partial charge on any atom is 0.509 e. The van der Waals surface area contributed by atoms with Crippen LogP contribution in [0.4, 0.5) is 14.4 Å². The lowest BCUT2D eigenvalue weighted by molar-refractivity contribution is -0.0461. The highest BCUT2D eigenvalue weighted by Crippen LogP contribution is 2.44. The number of carbonyl (C=O) groups is 3. The van der Waals surface area contributed by atoms with E-state index in [1.807, 2.05) is 11.9 Å². The number of piperidine rings is 1. The summed E-state index contributed by atoms with van der Waals surface area (Å²) in [6.07, 6.45) is -2.80. The second-order valence-electron chi connectivity index (χ2n) is 14.0. The summed E-state index contributed by atoms with van der Waals surface area (Å²) in [5, 5.41) is 13.9. The first-order valence-electron chi connectivity index (χ1n) is 15.9. The van der Waals surface area contributed by atoms with E-state index < -0.39 is 52.7 Å². The summed E-state index contributed by atoms with van der Waals surface area (Å²) in [7, 11) is 3.34. The summed E-state index contributed by atoms with van der Waals surface area (Å²) < 4.78 is 28.8. The molecule has 4 rings (SSSR count). The zero-order chi connectivity index (χ0) is 36.3. The van der Waals surface area contributed by atoms with Gasteiger partial charge in [-0.15, -0.1) is 0 Å². The lowest BCUT2D eigenvalue weighted by Gasteiger charge is -2.37. The van der Waals surface area contributed by atoms with Gasteiger partial charge in [0, 0.05) is 55.9 Å². The molecule has 3 aromatic rings. The van der Waals surface area contributed by atoms with Crippen molar-refractivity contribution in [2.24, 2.45) is 0 Å². The minimum Gasteiger partial charge on any atom is -0.507 e. The van der Waals surface area contributed by atoms with Crippen LogP contribution in [0.3, 0.4) is 0 Å². The van der Waals surface area contributed by atoms with Crippen molar-refractivity contribution in [3.05, 3.63) is 57.2 Å². The van der Waals surface area contributed by atoms with E-state index in [2.05, 4.69) is 5.32 Å². The standard InChI is InChI=1S/C35H44ClN3O10/c1-34(2,3)48-31(42)37-14-16-39(8)32(43)46-26-18-24(41)29-23(40)17-25(20-11-9-10-12-22(20)36)45-30(29)28(26)21-13-15-38(7)19-27(21)47-33(44)49-35(4,5)6/h9-12,17-18,21,27,41H,13-16,19H2,1-8H3,(H,37,42). The van der Waals surface area contributed by atoms with Gasteiger partial charge in [0.15, 0.2) is 5.43 Å². The third-order valence-corrected chi connectivity index (χ3v) is 7.85. The highest BCUT2D eigenvalue weighted by molar-refractivity contribution is 6.33. The van der Waals surface area contributed by atoms with Gasteiger partial charge in [0.1, 0.15) is 45.5 Å². The number of ether oxygens (including phenoxy) is 4. The van der Waals surface area contributed by atoms with E-state index in [-0.39, 0.29) is 47.7 Å². The molecule has 1 saturated heterocycles. The van der Waals surface area contributed by atoms with Crippen molar-refractivity contribution in [1.82, 2.24) is 15.1 Å². The van der Waals surface area contributed by atoms with Gasteiger partial charge >= 0.3 is 18.3 Å². The molecule has 1 aliphatic heterocycles. The van der Waals surface area contributed by atoms with Gasteiger partial charge in [-0.05, 0) is 73.7 Å². The van der Waals surface area contributed by atoms with E-state index in [1.165, 1.54) is 24.1 Å². The SMILES string of the molecule is CN1CCC(c2c(OC(=O)N(C)CCNC(=O)OC(C)(C)C)cc(O)c3c(=O)cc(-c4ccccc4Cl)oc23)C(OC(=O)OC(C)(C)C)C1. The molecule has 0 saturated carbocycles. The van der Waals surface area contributed by atoms with Crippen LogP contribution in [-0.2, 0) is 14.2 Å². The number of nitrogens with one attached hydrogen (secondary N) is 1. The number of halogens is 1. The molecule has 2 amide bonds. The Labute approximate surface area is 290 Å². The number of phenols is 1. The number of alkyl carbamates (subject to hydrolysis) is 1. The van der Waals surface area contributed by atoms with Crippen LogP contribution in [0, 0.1) is 0 Å². The number of likely N-dealkylation sites (tertiary alicyclic amines) is 1. The molecular formula is C35H44ClN3O10. The molecule has 49 heavy (non-hydrogen) atoms. The van der Waals surface area contributed by atoms with E-state index in [0.717, 1.165) is 0 Å². The van der Waals surface area contributed by atoms with Crippen LogP contribution < -0.4 is 15.5 Å². The van der Waals surface area contributed by atoms with Gasteiger partial charge in [-0.2, -0.15) is 0 Å². The quantitative estimate of drug-likeness (QED) is 0.259. The highest BCUT2D eigenvalue weighted by Gasteiger charge is 2.38. The van der Waals surface area contributed by atoms with E-state index in [0.29, 0.717) is 23.6 Å². The molecule has 1 aromatic heterocycles. The lowest BCUT2D eigenvalue weighted by Crippen LogP contribution is -2.44. The Bertz CT molecular complexity index is 1760. The molecule has 1 aliphatic rings. The smallest absolute Gasteiger partial charge is 0.507 e. The molecule has 2 heterocycles. The Morgan fingerprint density at radius 3 is 2.41 bits per heavy atom. The molecule has 2 aromatic carbocycles. The van der Waals surface area contributed by atoms with Crippen molar-refractivity contribution < 1.29 is 42.9 Å². The summed E-state index contributed by atoms with van der Waals surface area (Å²) in [6, 6.07) is 9.20. The van der Waals surface area contributed by atoms with Crippen molar-refractivity contribution in [1.29, 1.82) is 0 Å². The summed E-state index contributed by atoms with van der Waals surface area (Å²) in [6.45, 7) is 11.3. The summed E-state index contributed by atoms with van der Waals surface area (Å²) in [5.74, 6) is -1.13. The van der Waals surface area contributed by atoms with Crippen LogP contribution in [-0.4, -0.2) is 90.8 Å². The molecule has 1 fully saturated rings.